The molecule has 18 heavy (non-hydrogen) atoms. The van der Waals surface area contributed by atoms with E-state index >= 15 is 0 Å². The van der Waals surface area contributed by atoms with Gasteiger partial charge < -0.3 is 4.90 Å². The summed E-state index contributed by atoms with van der Waals surface area (Å²) in [5.41, 5.74) is 2.18. The van der Waals surface area contributed by atoms with Crippen molar-refractivity contribution in [2.45, 2.75) is 26.3 Å². The zero-order chi connectivity index (χ0) is 13.1. The lowest BCUT2D eigenvalue weighted by molar-refractivity contribution is 0.112. The molecule has 3 nitrogen and oxygen atoms in total. The Kier molecular flexibility index (Phi) is 4.14. The summed E-state index contributed by atoms with van der Waals surface area (Å²) < 4.78 is 0. The van der Waals surface area contributed by atoms with Gasteiger partial charge in [0.15, 0.2) is 11.4 Å². The smallest absolute Gasteiger partial charge is 0.186 e. The van der Waals surface area contributed by atoms with Crippen molar-refractivity contribution >= 4 is 34.1 Å². The third-order valence-electron chi connectivity index (χ3n) is 2.65. The SMILES string of the molecule is CC(C)c1nc(N(C)Cc2ccsc2)sc1C=O. The maximum Gasteiger partial charge on any atom is 0.186 e. The molecule has 2 aromatic rings. The largest absolute Gasteiger partial charge is 0.347 e. The van der Waals surface area contributed by atoms with Crippen LogP contribution in [-0.2, 0) is 6.54 Å². The normalized spacial score (nSPS) is 10.9. The highest BCUT2D eigenvalue weighted by molar-refractivity contribution is 7.17. The van der Waals surface area contributed by atoms with Crippen molar-refractivity contribution in [1.29, 1.82) is 0 Å². The van der Waals surface area contributed by atoms with Crippen molar-refractivity contribution in [3.8, 4) is 0 Å². The monoisotopic (exact) mass is 280 g/mol. The molecule has 0 fully saturated rings. The van der Waals surface area contributed by atoms with E-state index in [1.165, 1.54) is 16.9 Å². The fourth-order valence-electron chi connectivity index (χ4n) is 1.72. The standard InChI is InChI=1S/C13H16N2OS2/c1-9(2)12-11(7-16)18-13(14-12)15(3)6-10-4-5-17-8-10/h4-5,7-9H,6H2,1-3H3. The highest BCUT2D eigenvalue weighted by atomic mass is 32.1. The first-order valence-electron chi connectivity index (χ1n) is 5.80. The van der Waals surface area contributed by atoms with Gasteiger partial charge in [0.1, 0.15) is 0 Å². The first-order valence-corrected chi connectivity index (χ1v) is 7.56. The summed E-state index contributed by atoms with van der Waals surface area (Å²) in [6, 6.07) is 2.11. The molecule has 0 saturated heterocycles. The second-order valence-electron chi connectivity index (χ2n) is 4.51. The van der Waals surface area contributed by atoms with Gasteiger partial charge in [0, 0.05) is 13.6 Å². The van der Waals surface area contributed by atoms with Crippen molar-refractivity contribution in [3.63, 3.8) is 0 Å². The van der Waals surface area contributed by atoms with Gasteiger partial charge in [-0.05, 0) is 28.3 Å². The van der Waals surface area contributed by atoms with E-state index in [-0.39, 0.29) is 5.92 Å². The van der Waals surface area contributed by atoms with Gasteiger partial charge in [-0.3, -0.25) is 4.79 Å². The number of hydrogen-bond acceptors (Lipinski definition) is 5. The van der Waals surface area contributed by atoms with Crippen LogP contribution in [0.4, 0.5) is 5.13 Å². The van der Waals surface area contributed by atoms with Gasteiger partial charge in [0.2, 0.25) is 0 Å². The molecule has 0 radical (unpaired) electrons. The number of thiophene rings is 1. The van der Waals surface area contributed by atoms with Crippen LogP contribution in [0.15, 0.2) is 16.8 Å². The summed E-state index contributed by atoms with van der Waals surface area (Å²) >= 11 is 3.16. The van der Waals surface area contributed by atoms with E-state index in [1.807, 2.05) is 7.05 Å². The number of hydrogen-bond donors (Lipinski definition) is 0. The van der Waals surface area contributed by atoms with Crippen LogP contribution in [0.25, 0.3) is 0 Å². The van der Waals surface area contributed by atoms with Crippen LogP contribution in [-0.4, -0.2) is 18.3 Å². The first kappa shape index (κ1) is 13.2. The molecule has 0 aromatic carbocycles. The van der Waals surface area contributed by atoms with Crippen LogP contribution in [0.3, 0.4) is 0 Å². The fourth-order valence-corrected chi connectivity index (χ4v) is 3.37. The van der Waals surface area contributed by atoms with Crippen LogP contribution in [0, 0.1) is 0 Å². The number of aromatic nitrogens is 1. The summed E-state index contributed by atoms with van der Waals surface area (Å²) in [6.07, 6.45) is 0.912. The Morgan fingerprint density at radius 2 is 2.28 bits per heavy atom. The average Bonchev–Trinajstić information content (AvgIpc) is 2.96. The minimum atomic E-state index is 0.282. The first-order chi connectivity index (χ1) is 8.61. The van der Waals surface area contributed by atoms with Crippen molar-refractivity contribution in [2.75, 3.05) is 11.9 Å². The lowest BCUT2D eigenvalue weighted by Crippen LogP contribution is -2.15. The number of rotatable bonds is 5. The van der Waals surface area contributed by atoms with Crippen molar-refractivity contribution < 1.29 is 4.79 Å². The number of thiazole rings is 1. The topological polar surface area (TPSA) is 33.2 Å². The third-order valence-corrected chi connectivity index (χ3v) is 4.49. The molecule has 0 unspecified atom stereocenters. The summed E-state index contributed by atoms with van der Waals surface area (Å²) in [4.78, 5) is 18.5. The molecular weight excluding hydrogens is 264 g/mol. The van der Waals surface area contributed by atoms with E-state index in [1.54, 1.807) is 11.3 Å². The second kappa shape index (κ2) is 5.63. The molecule has 5 heteroatoms. The van der Waals surface area contributed by atoms with Gasteiger partial charge in [-0.15, -0.1) is 0 Å². The molecule has 0 aliphatic rings. The Morgan fingerprint density at radius 3 is 2.78 bits per heavy atom. The zero-order valence-electron chi connectivity index (χ0n) is 10.7. The molecule has 96 valence electrons. The average molecular weight is 280 g/mol. The molecule has 2 heterocycles. The van der Waals surface area contributed by atoms with Crippen LogP contribution >= 0.6 is 22.7 Å². The van der Waals surface area contributed by atoms with Gasteiger partial charge >= 0.3 is 0 Å². The highest BCUT2D eigenvalue weighted by Gasteiger charge is 2.16. The van der Waals surface area contributed by atoms with Crippen molar-refractivity contribution in [1.82, 2.24) is 4.98 Å². The maximum atomic E-state index is 11.0. The van der Waals surface area contributed by atoms with Crippen LogP contribution in [0.1, 0.15) is 40.7 Å². The van der Waals surface area contributed by atoms with Crippen molar-refractivity contribution in [3.05, 3.63) is 33.0 Å². The van der Waals surface area contributed by atoms with Crippen LogP contribution < -0.4 is 4.90 Å². The molecule has 0 amide bonds. The number of aldehydes is 1. The number of anilines is 1. The Morgan fingerprint density at radius 1 is 1.50 bits per heavy atom. The van der Waals surface area contributed by atoms with E-state index in [2.05, 4.69) is 40.6 Å². The second-order valence-corrected chi connectivity index (χ2v) is 6.30. The number of nitrogens with zero attached hydrogens (tertiary/aromatic N) is 2. The Bertz CT molecular complexity index is 517. The molecule has 0 spiro atoms. The zero-order valence-corrected chi connectivity index (χ0v) is 12.3. The van der Waals surface area contributed by atoms with Gasteiger partial charge in [-0.2, -0.15) is 11.3 Å². The predicted molar refractivity (Wildman–Crippen MR) is 78.0 cm³/mol. The summed E-state index contributed by atoms with van der Waals surface area (Å²) in [7, 11) is 2.01. The molecule has 0 atom stereocenters. The minimum Gasteiger partial charge on any atom is -0.347 e. The van der Waals surface area contributed by atoms with Crippen LogP contribution in [0.2, 0.25) is 0 Å². The summed E-state index contributed by atoms with van der Waals surface area (Å²) in [6.45, 7) is 4.95. The fraction of sp³-hybridized carbons (Fsp3) is 0.385. The van der Waals surface area contributed by atoms with Crippen LogP contribution in [0.5, 0.6) is 0 Å². The van der Waals surface area contributed by atoms with E-state index < -0.39 is 0 Å². The molecule has 0 saturated carbocycles. The third kappa shape index (κ3) is 2.79. The molecular formula is C13H16N2OS2. The summed E-state index contributed by atoms with van der Waals surface area (Å²) in [5.74, 6) is 0.282. The lowest BCUT2D eigenvalue weighted by Gasteiger charge is -2.14. The molecule has 0 bridgehead atoms. The molecule has 0 aliphatic carbocycles. The van der Waals surface area contributed by atoms with Gasteiger partial charge in [-0.1, -0.05) is 25.2 Å². The highest BCUT2D eigenvalue weighted by Crippen LogP contribution is 2.29. The van der Waals surface area contributed by atoms with Gasteiger partial charge in [-0.25, -0.2) is 4.98 Å². The quantitative estimate of drug-likeness (QED) is 0.782. The molecule has 2 rings (SSSR count). The lowest BCUT2D eigenvalue weighted by atomic mass is 10.1. The van der Waals surface area contributed by atoms with E-state index in [0.717, 1.165) is 28.5 Å². The number of carbonyl (C=O) groups excluding carboxylic acids is 1. The predicted octanol–water partition coefficient (Wildman–Crippen LogP) is 3.78. The molecule has 2 aromatic heterocycles. The Balaban J connectivity index is 2.20. The van der Waals surface area contributed by atoms with Gasteiger partial charge in [0.25, 0.3) is 0 Å². The summed E-state index contributed by atoms with van der Waals surface area (Å²) in [5, 5.41) is 5.11. The maximum absolute atomic E-state index is 11.0. The van der Waals surface area contributed by atoms with Gasteiger partial charge in [0.05, 0.1) is 10.6 Å². The Hall–Kier alpha value is -1.20. The Labute approximate surface area is 115 Å². The van der Waals surface area contributed by atoms with Crippen molar-refractivity contribution in [2.24, 2.45) is 0 Å². The molecule has 0 aliphatic heterocycles. The molecule has 0 N–H and O–H groups in total. The van der Waals surface area contributed by atoms with E-state index in [0.29, 0.717) is 0 Å². The van der Waals surface area contributed by atoms with E-state index in [4.69, 9.17) is 0 Å². The minimum absolute atomic E-state index is 0.282. The van der Waals surface area contributed by atoms with E-state index in [9.17, 15) is 4.79 Å². The number of carbonyl (C=O) groups is 1.